The highest BCUT2D eigenvalue weighted by molar-refractivity contribution is 6.93. The molecule has 20 rings (SSSR count). The molecule has 7 aliphatic carbocycles. The molecule has 7 saturated carbocycles. The summed E-state index contributed by atoms with van der Waals surface area (Å²) in [4.78, 5) is 5.26. The van der Waals surface area contributed by atoms with Crippen molar-refractivity contribution in [3.8, 4) is 27.9 Å². The van der Waals surface area contributed by atoms with E-state index in [-0.39, 0.29) is 12.3 Å². The maximum atomic E-state index is 6.89. The molecule has 4 heterocycles. The first-order valence-corrected chi connectivity index (χ1v) is 29.2. The number of benzene rings is 9. The summed E-state index contributed by atoms with van der Waals surface area (Å²) in [6.07, 6.45) is 11.4. The lowest BCUT2D eigenvalue weighted by atomic mass is 9.39. The monoisotopic (exact) mass is 989 g/mol. The molecule has 11 aromatic rings. The molecule has 7 fully saturated rings. The molecule has 0 N–H and O–H groups in total. The Morgan fingerprint density at radius 2 is 1.22 bits per heavy atom. The molecule has 2 aromatic heterocycles. The average Bonchev–Trinajstić information content (AvgIpc) is 4.32. The van der Waals surface area contributed by atoms with Crippen LogP contribution >= 0.6 is 0 Å². The Kier molecular flexibility index (Phi) is 7.66. The fourth-order valence-corrected chi connectivity index (χ4v) is 20.3. The zero-order valence-corrected chi connectivity index (χ0v) is 43.1. The summed E-state index contributed by atoms with van der Waals surface area (Å²) >= 11 is 0. The van der Waals surface area contributed by atoms with Gasteiger partial charge in [-0.1, -0.05) is 109 Å². The first kappa shape index (κ1) is 41.4. The molecule has 9 aliphatic rings. The van der Waals surface area contributed by atoms with E-state index in [2.05, 4.69) is 208 Å². The largest absolute Gasteiger partial charge is 0.456 e. The quantitative estimate of drug-likeness (QED) is 0.149. The SMILES string of the molecule is c1ccc(-c2ccc(N3B4c5c(cc(N(c6ccccc6)c6ccccc6)cc5-n5c6ccc(C78C9CCC7CC8C9)cc6c6cc(C78CC9CC%10CC(C7)C8C%109)cc4c65)-c4c3ccc3oc5ccccc5c43)cc2)cc1. The summed E-state index contributed by atoms with van der Waals surface area (Å²) in [6, 6.07) is 74.6. The van der Waals surface area contributed by atoms with E-state index in [1.165, 1.54) is 129 Å². The Bertz CT molecular complexity index is 4330. The Balaban J connectivity index is 0.932. The van der Waals surface area contributed by atoms with Gasteiger partial charge in [-0.05, 0) is 228 Å². The number of aromatic nitrogens is 1. The number of furan rings is 1. The smallest absolute Gasteiger partial charge is 0.333 e. The Hall–Kier alpha value is -7.76. The standard InChI is InChI=1S/C72H56BN3O/c1-4-12-41(13-5-1)42-20-25-53(26-21-42)76-61-28-29-64-67(55-18-10-11-19-63(55)77-64)66(61)58-37-54(74(51-14-6-2-7-15-51)52-16-8-3-9-17-52)38-62-69(58)73(76)59-36-49(71-39-44-30-43-31-45(40-71)68(71)65(43)44)35-57-56-34-48(24-27-60(56)75(62)70(57)59)72-46-22-23-47(72)33-50(72)32-46/h1-21,24-29,34-38,43-47,50,65,68H,22-23,30-33,39-40H2. The molecule has 8 unspecified atom stereocenters. The van der Waals surface area contributed by atoms with Gasteiger partial charge >= 0.3 is 6.85 Å². The molecule has 0 amide bonds. The third-order valence-corrected chi connectivity index (χ3v) is 22.9. The summed E-state index contributed by atoms with van der Waals surface area (Å²) in [6.45, 7) is -0.0980. The molecule has 0 radical (unpaired) electrons. The van der Waals surface area contributed by atoms with Crippen LogP contribution in [0.4, 0.5) is 28.4 Å². The van der Waals surface area contributed by atoms with Crippen LogP contribution in [0.15, 0.2) is 199 Å². The van der Waals surface area contributed by atoms with E-state index >= 15 is 0 Å². The minimum Gasteiger partial charge on any atom is -0.456 e. The van der Waals surface area contributed by atoms with E-state index < -0.39 is 0 Å². The van der Waals surface area contributed by atoms with E-state index in [4.69, 9.17) is 4.42 Å². The highest BCUT2D eigenvalue weighted by Crippen LogP contribution is 2.79. The third-order valence-electron chi connectivity index (χ3n) is 22.9. The topological polar surface area (TPSA) is 24.6 Å². The number of nitrogens with zero attached hydrogens (tertiary/aromatic N) is 3. The van der Waals surface area contributed by atoms with E-state index in [1.54, 1.807) is 11.1 Å². The van der Waals surface area contributed by atoms with E-state index in [0.29, 0.717) is 5.41 Å². The number of para-hydroxylation sites is 3. The normalized spacial score (nSPS) is 28.7. The maximum Gasteiger partial charge on any atom is 0.333 e. The van der Waals surface area contributed by atoms with Gasteiger partial charge in [0, 0.05) is 66.6 Å². The van der Waals surface area contributed by atoms with Crippen LogP contribution in [0.5, 0.6) is 0 Å². The zero-order valence-electron chi connectivity index (χ0n) is 43.1. The van der Waals surface area contributed by atoms with Gasteiger partial charge in [-0.25, -0.2) is 0 Å². The molecule has 77 heavy (non-hydrogen) atoms. The van der Waals surface area contributed by atoms with Gasteiger partial charge in [0.05, 0.1) is 11.0 Å². The Morgan fingerprint density at radius 1 is 0.519 bits per heavy atom. The van der Waals surface area contributed by atoms with Gasteiger partial charge in [-0.3, -0.25) is 0 Å². The molecule has 4 nitrogen and oxygen atoms in total. The van der Waals surface area contributed by atoms with Gasteiger partial charge in [0.25, 0.3) is 0 Å². The summed E-state index contributed by atoms with van der Waals surface area (Å²) in [7, 11) is 0. The predicted molar refractivity (Wildman–Crippen MR) is 315 cm³/mol. The Labute approximate surface area is 449 Å². The van der Waals surface area contributed by atoms with Crippen LogP contribution in [-0.2, 0) is 10.8 Å². The second kappa shape index (κ2) is 14.2. The Morgan fingerprint density at radius 3 is 2.00 bits per heavy atom. The van der Waals surface area contributed by atoms with Gasteiger partial charge in [-0.2, -0.15) is 0 Å². The van der Waals surface area contributed by atoms with Crippen LogP contribution in [-0.4, -0.2) is 11.4 Å². The maximum absolute atomic E-state index is 6.89. The van der Waals surface area contributed by atoms with Crippen molar-refractivity contribution in [1.29, 1.82) is 0 Å². The fourth-order valence-electron chi connectivity index (χ4n) is 20.3. The van der Waals surface area contributed by atoms with Crippen molar-refractivity contribution in [2.45, 2.75) is 62.2 Å². The highest BCUT2D eigenvalue weighted by atomic mass is 16.3. The van der Waals surface area contributed by atoms with Crippen LogP contribution in [0.1, 0.15) is 62.5 Å². The molecule has 9 aromatic carbocycles. The second-order valence-corrected chi connectivity index (χ2v) is 25.6. The van der Waals surface area contributed by atoms with Crippen molar-refractivity contribution in [3.63, 3.8) is 0 Å². The van der Waals surface area contributed by atoms with Crippen molar-refractivity contribution in [1.82, 2.24) is 4.57 Å². The first-order chi connectivity index (χ1) is 38.1. The molecule has 2 aliphatic heterocycles. The minimum absolute atomic E-state index is 0.0980. The lowest BCUT2D eigenvalue weighted by Crippen LogP contribution is -2.61. The van der Waals surface area contributed by atoms with Crippen molar-refractivity contribution in [2.24, 2.45) is 47.3 Å². The number of anilines is 5. The van der Waals surface area contributed by atoms with Crippen LogP contribution in [0, 0.1) is 47.3 Å². The van der Waals surface area contributed by atoms with Crippen molar-refractivity contribution < 1.29 is 4.42 Å². The van der Waals surface area contributed by atoms with Gasteiger partial charge in [0.1, 0.15) is 11.2 Å². The molecular weight excluding hydrogens is 934 g/mol. The summed E-state index contributed by atoms with van der Waals surface area (Å²) < 4.78 is 9.66. The van der Waals surface area contributed by atoms with Crippen molar-refractivity contribution >= 4 is 90.0 Å². The number of hydrogen-bond acceptors (Lipinski definition) is 3. The second-order valence-electron chi connectivity index (χ2n) is 25.6. The first-order valence-electron chi connectivity index (χ1n) is 29.2. The van der Waals surface area contributed by atoms with Crippen LogP contribution in [0.25, 0.3) is 71.7 Å². The number of fused-ring (bicyclic) bond motifs is 11. The van der Waals surface area contributed by atoms with Gasteiger partial charge < -0.3 is 18.7 Å². The van der Waals surface area contributed by atoms with Crippen molar-refractivity contribution in [3.05, 3.63) is 205 Å². The summed E-state index contributed by atoms with van der Waals surface area (Å²) in [5.41, 5.74) is 23.5. The van der Waals surface area contributed by atoms with Gasteiger partial charge in [0.2, 0.25) is 0 Å². The van der Waals surface area contributed by atoms with E-state index in [1.807, 2.05) is 0 Å². The molecule has 5 heteroatoms. The van der Waals surface area contributed by atoms with Crippen LogP contribution < -0.4 is 20.6 Å². The van der Waals surface area contributed by atoms with Crippen LogP contribution in [0.3, 0.4) is 0 Å². The van der Waals surface area contributed by atoms with Gasteiger partial charge in [-0.15, -0.1) is 0 Å². The molecular formula is C72H56BN3O. The molecule has 0 spiro atoms. The van der Waals surface area contributed by atoms with Gasteiger partial charge in [0.15, 0.2) is 0 Å². The molecule has 0 saturated heterocycles. The number of rotatable bonds is 7. The summed E-state index contributed by atoms with van der Waals surface area (Å²) in [5, 5.41) is 5.27. The summed E-state index contributed by atoms with van der Waals surface area (Å²) in [5.74, 6) is 7.09. The predicted octanol–water partition coefficient (Wildman–Crippen LogP) is 16.7. The van der Waals surface area contributed by atoms with E-state index in [0.717, 1.165) is 81.0 Å². The lowest BCUT2D eigenvalue weighted by molar-refractivity contribution is -0.0835. The molecule has 368 valence electrons. The van der Waals surface area contributed by atoms with E-state index in [9.17, 15) is 0 Å². The average molecular weight is 990 g/mol. The third kappa shape index (κ3) is 4.94. The molecule has 0 bridgehead atoms. The fraction of sp³-hybridized carbons (Fsp3) is 0.250. The molecule has 8 atom stereocenters. The number of hydrogen-bond donors (Lipinski definition) is 0. The minimum atomic E-state index is -0.0980. The zero-order chi connectivity index (χ0) is 49.6. The highest BCUT2D eigenvalue weighted by Gasteiger charge is 2.73. The van der Waals surface area contributed by atoms with Crippen molar-refractivity contribution in [2.75, 3.05) is 9.71 Å². The van der Waals surface area contributed by atoms with Crippen LogP contribution in [0.2, 0.25) is 0 Å². The lowest BCUT2D eigenvalue weighted by Gasteiger charge is -2.65.